The Morgan fingerprint density at radius 1 is 1.53 bits per heavy atom. The SMILES string of the molecule is Cl.Cn1cc(CCCNC(=O)[C@@H](N)C(C)(C)C)cn1. The van der Waals surface area contributed by atoms with Crippen LogP contribution >= 0.6 is 12.4 Å². The minimum Gasteiger partial charge on any atom is -0.355 e. The van der Waals surface area contributed by atoms with E-state index < -0.39 is 6.04 Å². The van der Waals surface area contributed by atoms with Crippen molar-refractivity contribution in [1.29, 1.82) is 0 Å². The quantitative estimate of drug-likeness (QED) is 0.801. The molecule has 0 radical (unpaired) electrons. The van der Waals surface area contributed by atoms with Gasteiger partial charge in [-0.05, 0) is 23.8 Å². The van der Waals surface area contributed by atoms with Gasteiger partial charge < -0.3 is 11.1 Å². The fourth-order valence-corrected chi connectivity index (χ4v) is 1.61. The lowest BCUT2D eigenvalue weighted by Gasteiger charge is -2.25. The van der Waals surface area contributed by atoms with Crippen molar-refractivity contribution in [2.24, 2.45) is 18.2 Å². The van der Waals surface area contributed by atoms with E-state index in [0.717, 1.165) is 12.8 Å². The zero-order valence-corrected chi connectivity index (χ0v) is 13.0. The number of aryl methyl sites for hydroxylation is 2. The minimum absolute atomic E-state index is 0. The summed E-state index contributed by atoms with van der Waals surface area (Å²) in [4.78, 5) is 11.8. The molecule has 0 bridgehead atoms. The maximum absolute atomic E-state index is 11.8. The second kappa shape index (κ2) is 7.50. The van der Waals surface area contributed by atoms with Gasteiger partial charge >= 0.3 is 0 Å². The second-order valence-electron chi connectivity index (χ2n) is 5.76. The number of carbonyl (C=O) groups is 1. The van der Waals surface area contributed by atoms with Gasteiger partial charge in [0.2, 0.25) is 5.91 Å². The molecule has 1 atom stereocenters. The van der Waals surface area contributed by atoms with Crippen molar-refractivity contribution < 1.29 is 4.79 Å². The molecule has 0 unspecified atom stereocenters. The van der Waals surface area contributed by atoms with E-state index in [2.05, 4.69) is 10.4 Å². The Bertz CT molecular complexity index is 398. The first-order valence-corrected chi connectivity index (χ1v) is 6.31. The average Bonchev–Trinajstić information content (AvgIpc) is 2.68. The van der Waals surface area contributed by atoms with E-state index in [1.165, 1.54) is 5.56 Å². The fourth-order valence-electron chi connectivity index (χ4n) is 1.61. The number of aromatic nitrogens is 2. The first kappa shape index (κ1) is 17.9. The fraction of sp³-hybridized carbons (Fsp3) is 0.692. The molecule has 0 saturated carbocycles. The van der Waals surface area contributed by atoms with E-state index in [4.69, 9.17) is 5.73 Å². The van der Waals surface area contributed by atoms with Gasteiger partial charge in [-0.15, -0.1) is 12.4 Å². The number of hydrogen-bond donors (Lipinski definition) is 2. The Morgan fingerprint density at radius 3 is 2.63 bits per heavy atom. The Labute approximate surface area is 121 Å². The van der Waals surface area contributed by atoms with Crippen molar-refractivity contribution >= 4 is 18.3 Å². The second-order valence-corrected chi connectivity index (χ2v) is 5.76. The average molecular weight is 289 g/mol. The monoisotopic (exact) mass is 288 g/mol. The molecule has 1 amide bonds. The standard InChI is InChI=1S/C13H24N4O.ClH/c1-13(2,3)11(14)12(18)15-7-5-6-10-8-16-17(4)9-10;/h8-9,11H,5-7,14H2,1-4H3,(H,15,18);1H/t11-;/m1./s1. The van der Waals surface area contributed by atoms with Gasteiger partial charge in [-0.2, -0.15) is 5.10 Å². The van der Waals surface area contributed by atoms with Gasteiger partial charge in [-0.1, -0.05) is 20.8 Å². The number of nitrogens with zero attached hydrogens (tertiary/aromatic N) is 2. The highest BCUT2D eigenvalue weighted by molar-refractivity contribution is 5.85. The molecule has 1 aromatic heterocycles. The summed E-state index contributed by atoms with van der Waals surface area (Å²) >= 11 is 0. The molecule has 3 N–H and O–H groups in total. The lowest BCUT2D eigenvalue weighted by Crippen LogP contribution is -2.48. The van der Waals surface area contributed by atoms with Crippen LogP contribution in [0.5, 0.6) is 0 Å². The molecule has 0 aliphatic heterocycles. The third kappa shape index (κ3) is 6.07. The van der Waals surface area contributed by atoms with Gasteiger partial charge in [0.15, 0.2) is 0 Å². The molecule has 0 aliphatic carbocycles. The maximum Gasteiger partial charge on any atom is 0.237 e. The molecule has 0 spiro atoms. The summed E-state index contributed by atoms with van der Waals surface area (Å²) in [5.74, 6) is -0.0753. The Kier molecular flexibility index (Phi) is 7.08. The third-order valence-corrected chi connectivity index (χ3v) is 2.92. The molecule has 1 heterocycles. The highest BCUT2D eigenvalue weighted by Gasteiger charge is 2.26. The molecule has 0 saturated heterocycles. The van der Waals surface area contributed by atoms with Crippen LogP contribution in [0.2, 0.25) is 0 Å². The summed E-state index contributed by atoms with van der Waals surface area (Å²) in [5, 5.41) is 6.98. The number of hydrogen-bond acceptors (Lipinski definition) is 3. The van der Waals surface area contributed by atoms with Crippen LogP contribution < -0.4 is 11.1 Å². The van der Waals surface area contributed by atoms with E-state index in [1.807, 2.05) is 40.2 Å². The number of nitrogens with two attached hydrogens (primary N) is 1. The summed E-state index contributed by atoms with van der Waals surface area (Å²) < 4.78 is 1.78. The van der Waals surface area contributed by atoms with Gasteiger partial charge in [0.05, 0.1) is 12.2 Å². The number of nitrogens with one attached hydrogen (secondary N) is 1. The van der Waals surface area contributed by atoms with Gasteiger partial charge in [-0.3, -0.25) is 9.48 Å². The number of rotatable bonds is 5. The Morgan fingerprint density at radius 2 is 2.16 bits per heavy atom. The maximum atomic E-state index is 11.8. The molecular weight excluding hydrogens is 264 g/mol. The Hall–Kier alpha value is -1.07. The van der Waals surface area contributed by atoms with E-state index in [-0.39, 0.29) is 23.7 Å². The molecule has 19 heavy (non-hydrogen) atoms. The zero-order chi connectivity index (χ0) is 13.8. The van der Waals surface area contributed by atoms with E-state index in [0.29, 0.717) is 6.54 Å². The highest BCUT2D eigenvalue weighted by atomic mass is 35.5. The van der Waals surface area contributed by atoms with Crippen LogP contribution in [-0.2, 0) is 18.3 Å². The van der Waals surface area contributed by atoms with Crippen LogP contribution in [0.15, 0.2) is 12.4 Å². The summed E-state index contributed by atoms with van der Waals surface area (Å²) in [7, 11) is 1.90. The lowest BCUT2D eigenvalue weighted by molar-refractivity contribution is -0.124. The molecule has 0 fully saturated rings. The number of carbonyl (C=O) groups excluding carboxylic acids is 1. The minimum atomic E-state index is -0.462. The molecular formula is C13H25ClN4O. The van der Waals surface area contributed by atoms with Crippen molar-refractivity contribution in [3.05, 3.63) is 18.0 Å². The first-order chi connectivity index (χ1) is 8.30. The van der Waals surface area contributed by atoms with Crippen molar-refractivity contribution in [3.63, 3.8) is 0 Å². The predicted octanol–water partition coefficient (Wildman–Crippen LogP) is 1.26. The van der Waals surface area contributed by atoms with E-state index in [1.54, 1.807) is 4.68 Å². The Balaban J connectivity index is 0.00000324. The molecule has 1 rings (SSSR count). The van der Waals surface area contributed by atoms with Gasteiger partial charge in [0.25, 0.3) is 0 Å². The van der Waals surface area contributed by atoms with Gasteiger partial charge in [0, 0.05) is 19.8 Å². The predicted molar refractivity (Wildman–Crippen MR) is 79.2 cm³/mol. The smallest absolute Gasteiger partial charge is 0.237 e. The van der Waals surface area contributed by atoms with Gasteiger partial charge in [0.1, 0.15) is 0 Å². The molecule has 5 nitrogen and oxygen atoms in total. The number of amides is 1. The van der Waals surface area contributed by atoms with Gasteiger partial charge in [-0.25, -0.2) is 0 Å². The summed E-state index contributed by atoms with van der Waals surface area (Å²) in [6.45, 7) is 6.55. The van der Waals surface area contributed by atoms with Crippen molar-refractivity contribution in [1.82, 2.24) is 15.1 Å². The topological polar surface area (TPSA) is 72.9 Å². The summed E-state index contributed by atoms with van der Waals surface area (Å²) in [5.41, 5.74) is 6.85. The van der Waals surface area contributed by atoms with Crippen LogP contribution in [0.4, 0.5) is 0 Å². The third-order valence-electron chi connectivity index (χ3n) is 2.92. The van der Waals surface area contributed by atoms with E-state index in [9.17, 15) is 4.79 Å². The van der Waals surface area contributed by atoms with E-state index >= 15 is 0 Å². The van der Waals surface area contributed by atoms with Crippen LogP contribution in [0.3, 0.4) is 0 Å². The largest absolute Gasteiger partial charge is 0.355 e. The van der Waals surface area contributed by atoms with Crippen molar-refractivity contribution in [3.8, 4) is 0 Å². The van der Waals surface area contributed by atoms with Crippen LogP contribution in [0, 0.1) is 5.41 Å². The van der Waals surface area contributed by atoms with Crippen LogP contribution in [0.1, 0.15) is 32.8 Å². The lowest BCUT2D eigenvalue weighted by atomic mass is 9.87. The zero-order valence-electron chi connectivity index (χ0n) is 12.1. The molecule has 1 aromatic rings. The molecule has 6 heteroatoms. The highest BCUT2D eigenvalue weighted by Crippen LogP contribution is 2.17. The molecule has 0 aromatic carbocycles. The van der Waals surface area contributed by atoms with Crippen LogP contribution in [0.25, 0.3) is 0 Å². The summed E-state index contributed by atoms with van der Waals surface area (Å²) in [6.07, 6.45) is 5.65. The number of halogens is 1. The first-order valence-electron chi connectivity index (χ1n) is 6.31. The summed E-state index contributed by atoms with van der Waals surface area (Å²) in [6, 6.07) is -0.462. The van der Waals surface area contributed by atoms with Crippen LogP contribution in [-0.4, -0.2) is 28.3 Å². The normalized spacial score (nSPS) is 12.7. The molecule has 0 aliphatic rings. The molecule has 110 valence electrons. The van der Waals surface area contributed by atoms with Crippen molar-refractivity contribution in [2.45, 2.75) is 39.7 Å². The van der Waals surface area contributed by atoms with Crippen molar-refractivity contribution in [2.75, 3.05) is 6.54 Å².